The molecule has 6 nitrogen and oxygen atoms in total. The van der Waals surface area contributed by atoms with Crippen LogP contribution in [0.15, 0.2) is 0 Å². The molecular formula is C14H26N2O4. The average molecular weight is 286 g/mol. The van der Waals surface area contributed by atoms with Crippen molar-refractivity contribution >= 4 is 12.0 Å². The van der Waals surface area contributed by atoms with Gasteiger partial charge in [-0.1, -0.05) is 0 Å². The van der Waals surface area contributed by atoms with Crippen molar-refractivity contribution in [1.29, 1.82) is 0 Å². The molecular weight excluding hydrogens is 260 g/mol. The molecule has 1 heterocycles. The van der Waals surface area contributed by atoms with Crippen molar-refractivity contribution in [2.45, 2.75) is 45.6 Å². The molecule has 1 atom stereocenters. The lowest BCUT2D eigenvalue weighted by Crippen LogP contribution is -2.58. The topological polar surface area (TPSA) is 81.1 Å². The third-order valence-electron chi connectivity index (χ3n) is 4.07. The smallest absolute Gasteiger partial charge is 0.329 e. The summed E-state index contributed by atoms with van der Waals surface area (Å²) < 4.78 is 0. The first-order chi connectivity index (χ1) is 9.34. The van der Waals surface area contributed by atoms with Gasteiger partial charge in [0.15, 0.2) is 0 Å². The van der Waals surface area contributed by atoms with Crippen molar-refractivity contribution in [3.8, 4) is 0 Å². The molecule has 116 valence electrons. The second kappa shape index (κ2) is 6.92. The number of hydrogen-bond acceptors (Lipinski definition) is 3. The fraction of sp³-hybridized carbons (Fsp3) is 0.857. The summed E-state index contributed by atoms with van der Waals surface area (Å²) in [6, 6.07) is -0.220. The first kappa shape index (κ1) is 16.8. The van der Waals surface area contributed by atoms with E-state index in [1.165, 1.54) is 4.90 Å². The molecule has 1 fully saturated rings. The van der Waals surface area contributed by atoms with E-state index >= 15 is 0 Å². The van der Waals surface area contributed by atoms with Crippen LogP contribution in [0.1, 0.15) is 40.0 Å². The number of likely N-dealkylation sites (tertiary alicyclic amines) is 1. The predicted molar refractivity (Wildman–Crippen MR) is 75.5 cm³/mol. The molecule has 20 heavy (non-hydrogen) atoms. The van der Waals surface area contributed by atoms with E-state index in [9.17, 15) is 14.7 Å². The van der Waals surface area contributed by atoms with Crippen LogP contribution < -0.4 is 0 Å². The summed E-state index contributed by atoms with van der Waals surface area (Å²) in [6.45, 7) is 6.64. The fourth-order valence-corrected chi connectivity index (χ4v) is 2.71. The number of aliphatic hydroxyl groups is 1. The summed E-state index contributed by atoms with van der Waals surface area (Å²) >= 11 is 0. The third-order valence-corrected chi connectivity index (χ3v) is 4.07. The quantitative estimate of drug-likeness (QED) is 0.800. The van der Waals surface area contributed by atoms with Gasteiger partial charge in [-0.05, 0) is 46.0 Å². The fourth-order valence-electron chi connectivity index (χ4n) is 2.71. The highest BCUT2D eigenvalue weighted by Crippen LogP contribution is 2.23. The molecule has 0 aromatic heterocycles. The minimum atomic E-state index is -1.21. The summed E-state index contributed by atoms with van der Waals surface area (Å²) in [7, 11) is 0. The normalized spacial score (nSPS) is 19.8. The largest absolute Gasteiger partial charge is 0.480 e. The van der Waals surface area contributed by atoms with Gasteiger partial charge in [-0.2, -0.15) is 0 Å². The molecule has 1 aliphatic rings. The molecule has 0 spiro atoms. The summed E-state index contributed by atoms with van der Waals surface area (Å²) in [5.41, 5.74) is -1.21. The highest BCUT2D eigenvalue weighted by molar-refractivity contribution is 5.85. The molecule has 2 amide bonds. The Morgan fingerprint density at radius 2 is 2.05 bits per heavy atom. The maximum atomic E-state index is 12.6. The molecule has 0 aromatic carbocycles. The number of likely N-dealkylation sites (N-methyl/N-ethyl adjacent to an activating group) is 1. The molecule has 1 saturated heterocycles. The van der Waals surface area contributed by atoms with Gasteiger partial charge in [0, 0.05) is 26.2 Å². The Labute approximate surface area is 120 Å². The van der Waals surface area contributed by atoms with Crippen LogP contribution in [-0.4, -0.2) is 63.8 Å². The van der Waals surface area contributed by atoms with Crippen molar-refractivity contribution in [3.05, 3.63) is 0 Å². The SMILES string of the molecule is CCN(C(=O)N1CCCC(CCO)C1)C(C)(C)C(=O)O. The van der Waals surface area contributed by atoms with E-state index in [-0.39, 0.29) is 12.6 Å². The number of carbonyl (C=O) groups excluding carboxylic acids is 1. The van der Waals surface area contributed by atoms with Crippen molar-refractivity contribution < 1.29 is 19.8 Å². The van der Waals surface area contributed by atoms with Crippen LogP contribution in [-0.2, 0) is 4.79 Å². The maximum absolute atomic E-state index is 12.6. The zero-order valence-electron chi connectivity index (χ0n) is 12.6. The van der Waals surface area contributed by atoms with E-state index in [0.29, 0.717) is 32.0 Å². The van der Waals surface area contributed by atoms with Gasteiger partial charge < -0.3 is 20.0 Å². The lowest BCUT2D eigenvalue weighted by Gasteiger charge is -2.41. The van der Waals surface area contributed by atoms with Gasteiger partial charge in [-0.3, -0.25) is 0 Å². The molecule has 1 unspecified atom stereocenters. The Bertz CT molecular complexity index is 355. The monoisotopic (exact) mass is 286 g/mol. The standard InChI is InChI=1S/C14H26N2O4/c1-4-16(14(2,3)12(18)19)13(20)15-8-5-6-11(10-15)7-9-17/h11,17H,4-10H2,1-3H3,(H,18,19). The second-order valence-electron chi connectivity index (χ2n) is 5.86. The molecule has 0 bridgehead atoms. The van der Waals surface area contributed by atoms with Gasteiger partial charge in [0.2, 0.25) is 0 Å². The predicted octanol–water partition coefficient (Wildman–Crippen LogP) is 1.39. The number of rotatable bonds is 5. The van der Waals surface area contributed by atoms with Crippen LogP contribution in [0.25, 0.3) is 0 Å². The summed E-state index contributed by atoms with van der Waals surface area (Å²) in [4.78, 5) is 27.0. The van der Waals surface area contributed by atoms with Crippen LogP contribution in [0.4, 0.5) is 4.79 Å². The van der Waals surface area contributed by atoms with Gasteiger partial charge in [0.05, 0.1) is 0 Å². The highest BCUT2D eigenvalue weighted by Gasteiger charge is 2.39. The van der Waals surface area contributed by atoms with Crippen LogP contribution in [0, 0.1) is 5.92 Å². The van der Waals surface area contributed by atoms with E-state index in [4.69, 9.17) is 5.11 Å². The molecule has 0 saturated carbocycles. The van der Waals surface area contributed by atoms with Gasteiger partial charge >= 0.3 is 12.0 Å². The van der Waals surface area contributed by atoms with Gasteiger partial charge in [0.25, 0.3) is 0 Å². The van der Waals surface area contributed by atoms with Crippen molar-refractivity contribution in [3.63, 3.8) is 0 Å². The van der Waals surface area contributed by atoms with E-state index in [0.717, 1.165) is 12.8 Å². The molecule has 0 radical (unpaired) electrons. The Morgan fingerprint density at radius 1 is 1.40 bits per heavy atom. The van der Waals surface area contributed by atoms with Gasteiger partial charge in [-0.15, -0.1) is 0 Å². The van der Waals surface area contributed by atoms with Gasteiger partial charge in [0.1, 0.15) is 5.54 Å². The van der Waals surface area contributed by atoms with Gasteiger partial charge in [-0.25, -0.2) is 9.59 Å². The summed E-state index contributed by atoms with van der Waals surface area (Å²) in [6.07, 6.45) is 2.61. The van der Waals surface area contributed by atoms with E-state index < -0.39 is 11.5 Å². The number of aliphatic hydroxyl groups excluding tert-OH is 1. The summed E-state index contributed by atoms with van der Waals surface area (Å²) in [5.74, 6) is -0.694. The van der Waals surface area contributed by atoms with Crippen LogP contribution in [0.3, 0.4) is 0 Å². The lowest BCUT2D eigenvalue weighted by atomic mass is 9.95. The maximum Gasteiger partial charge on any atom is 0.329 e. The van der Waals surface area contributed by atoms with Crippen LogP contribution in [0.5, 0.6) is 0 Å². The van der Waals surface area contributed by atoms with E-state index in [2.05, 4.69) is 0 Å². The lowest BCUT2D eigenvalue weighted by molar-refractivity contribution is -0.147. The first-order valence-electron chi connectivity index (χ1n) is 7.25. The number of carboxylic acid groups (broad SMARTS) is 1. The number of piperidine rings is 1. The zero-order chi connectivity index (χ0) is 15.3. The van der Waals surface area contributed by atoms with Crippen LogP contribution in [0.2, 0.25) is 0 Å². The number of nitrogens with zero attached hydrogens (tertiary/aromatic N) is 2. The molecule has 0 aliphatic carbocycles. The average Bonchev–Trinajstić information content (AvgIpc) is 2.39. The molecule has 0 aromatic rings. The molecule has 1 aliphatic heterocycles. The molecule has 2 N–H and O–H groups in total. The highest BCUT2D eigenvalue weighted by atomic mass is 16.4. The number of amides is 2. The summed E-state index contributed by atoms with van der Waals surface area (Å²) in [5, 5.41) is 18.3. The number of hydrogen-bond donors (Lipinski definition) is 2. The number of urea groups is 1. The minimum absolute atomic E-state index is 0.130. The van der Waals surface area contributed by atoms with Crippen molar-refractivity contribution in [1.82, 2.24) is 9.80 Å². The first-order valence-corrected chi connectivity index (χ1v) is 7.25. The number of carbonyl (C=O) groups is 2. The number of carboxylic acids is 1. The van der Waals surface area contributed by atoms with Crippen molar-refractivity contribution in [2.75, 3.05) is 26.2 Å². The Kier molecular flexibility index (Phi) is 5.80. The second-order valence-corrected chi connectivity index (χ2v) is 5.86. The Balaban J connectivity index is 2.78. The van der Waals surface area contributed by atoms with E-state index in [1.54, 1.807) is 25.7 Å². The Hall–Kier alpha value is -1.30. The minimum Gasteiger partial charge on any atom is -0.480 e. The number of aliphatic carboxylic acids is 1. The zero-order valence-corrected chi connectivity index (χ0v) is 12.6. The Morgan fingerprint density at radius 3 is 2.55 bits per heavy atom. The van der Waals surface area contributed by atoms with E-state index in [1.807, 2.05) is 0 Å². The molecule has 6 heteroatoms. The molecule has 1 rings (SSSR count). The third kappa shape index (κ3) is 3.62. The van der Waals surface area contributed by atoms with Crippen LogP contribution >= 0.6 is 0 Å². The van der Waals surface area contributed by atoms with Crippen molar-refractivity contribution in [2.24, 2.45) is 5.92 Å².